The first kappa shape index (κ1) is 24.6. The molecule has 2 N–H and O–H groups in total. The maximum atomic E-state index is 13.4. The fourth-order valence-electron chi connectivity index (χ4n) is 4.57. The quantitative estimate of drug-likeness (QED) is 0.469. The molecule has 1 aromatic carbocycles. The van der Waals surface area contributed by atoms with Crippen molar-refractivity contribution >= 4 is 0 Å². The minimum absolute atomic E-state index is 0.0547. The van der Waals surface area contributed by atoms with Gasteiger partial charge in [0.05, 0.1) is 6.10 Å². The standard InChI is InChI=1S/C28H37F2NO/c1-20-11-13-28(14-12-20,23-8-6-5-7-22(17-23)27(2,3)4)31-19-26(32)10-9-21-15-24(29)18-25(30)16-21/h5,7-8,15-18,26,31-32H,1,6,9-14,19H2,2-4H3. The van der Waals surface area contributed by atoms with Crippen LogP contribution in [0.5, 0.6) is 0 Å². The van der Waals surface area contributed by atoms with Crippen molar-refractivity contribution in [3.05, 3.63) is 83.0 Å². The van der Waals surface area contributed by atoms with E-state index in [1.54, 1.807) is 0 Å². The van der Waals surface area contributed by atoms with Gasteiger partial charge in [-0.3, -0.25) is 0 Å². The van der Waals surface area contributed by atoms with Gasteiger partial charge in [0, 0.05) is 18.2 Å². The van der Waals surface area contributed by atoms with E-state index in [2.05, 4.69) is 57.0 Å². The topological polar surface area (TPSA) is 32.3 Å². The van der Waals surface area contributed by atoms with Gasteiger partial charge in [0.25, 0.3) is 0 Å². The van der Waals surface area contributed by atoms with Crippen molar-refractivity contribution in [2.75, 3.05) is 6.54 Å². The Morgan fingerprint density at radius 3 is 2.41 bits per heavy atom. The molecule has 174 valence electrons. The van der Waals surface area contributed by atoms with E-state index in [0.717, 1.165) is 38.2 Å². The van der Waals surface area contributed by atoms with Crippen molar-refractivity contribution in [3.8, 4) is 0 Å². The lowest BCUT2D eigenvalue weighted by Gasteiger charge is -2.41. The van der Waals surface area contributed by atoms with E-state index in [1.807, 2.05) is 0 Å². The molecular formula is C28H37F2NO. The van der Waals surface area contributed by atoms with Gasteiger partial charge in [0.1, 0.15) is 11.6 Å². The first-order valence-corrected chi connectivity index (χ1v) is 11.7. The Balaban J connectivity index is 1.72. The molecule has 0 spiro atoms. The molecule has 1 aromatic rings. The Hall–Kier alpha value is -2.04. The molecule has 0 saturated heterocycles. The molecule has 1 fully saturated rings. The second-order valence-corrected chi connectivity index (χ2v) is 10.3. The molecule has 0 amide bonds. The third kappa shape index (κ3) is 6.49. The van der Waals surface area contributed by atoms with Crippen LogP contribution in [-0.2, 0) is 6.42 Å². The predicted octanol–water partition coefficient (Wildman–Crippen LogP) is 6.58. The Morgan fingerprint density at radius 1 is 1.12 bits per heavy atom. The average molecular weight is 442 g/mol. The molecule has 1 unspecified atom stereocenters. The number of benzene rings is 1. The first-order chi connectivity index (χ1) is 15.1. The summed E-state index contributed by atoms with van der Waals surface area (Å²) in [5.41, 5.74) is 4.30. The first-order valence-electron chi connectivity index (χ1n) is 11.7. The molecule has 2 aliphatic rings. The SMILES string of the molecule is C=C1CCC(NCC(O)CCc2cc(F)cc(F)c2)(C2=CCC=CC(C(C)(C)C)=C2)CC1. The lowest BCUT2D eigenvalue weighted by molar-refractivity contribution is 0.145. The summed E-state index contributed by atoms with van der Waals surface area (Å²) in [5, 5.41) is 14.4. The molecule has 0 aromatic heterocycles. The summed E-state index contributed by atoms with van der Waals surface area (Å²) >= 11 is 0. The number of hydrogen-bond acceptors (Lipinski definition) is 2. The van der Waals surface area contributed by atoms with Gasteiger partial charge < -0.3 is 10.4 Å². The normalized spacial score (nSPS) is 19.9. The van der Waals surface area contributed by atoms with Crippen molar-refractivity contribution in [2.45, 2.75) is 77.4 Å². The highest BCUT2D eigenvalue weighted by atomic mass is 19.1. The van der Waals surface area contributed by atoms with Crippen LogP contribution in [0.25, 0.3) is 0 Å². The number of allylic oxidation sites excluding steroid dienone is 5. The number of hydrogen-bond donors (Lipinski definition) is 2. The zero-order valence-electron chi connectivity index (χ0n) is 19.7. The van der Waals surface area contributed by atoms with E-state index in [9.17, 15) is 13.9 Å². The van der Waals surface area contributed by atoms with Gasteiger partial charge in [-0.2, -0.15) is 0 Å². The molecule has 1 saturated carbocycles. The van der Waals surface area contributed by atoms with Gasteiger partial charge in [-0.15, -0.1) is 0 Å². The Labute approximate surface area is 191 Å². The summed E-state index contributed by atoms with van der Waals surface area (Å²) in [6, 6.07) is 3.54. The van der Waals surface area contributed by atoms with E-state index in [4.69, 9.17) is 0 Å². The van der Waals surface area contributed by atoms with E-state index in [-0.39, 0.29) is 11.0 Å². The van der Waals surface area contributed by atoms with E-state index >= 15 is 0 Å². The van der Waals surface area contributed by atoms with Gasteiger partial charge in [0.2, 0.25) is 0 Å². The lowest BCUT2D eigenvalue weighted by atomic mass is 9.73. The van der Waals surface area contributed by atoms with Crippen molar-refractivity contribution < 1.29 is 13.9 Å². The van der Waals surface area contributed by atoms with Crippen LogP contribution in [0.4, 0.5) is 8.78 Å². The van der Waals surface area contributed by atoms with Gasteiger partial charge in [-0.25, -0.2) is 8.78 Å². The van der Waals surface area contributed by atoms with Crippen LogP contribution in [0.1, 0.15) is 64.9 Å². The van der Waals surface area contributed by atoms with Crippen LogP contribution >= 0.6 is 0 Å². The highest BCUT2D eigenvalue weighted by Gasteiger charge is 2.36. The van der Waals surface area contributed by atoms with Crippen molar-refractivity contribution in [3.63, 3.8) is 0 Å². The molecule has 2 aliphatic carbocycles. The van der Waals surface area contributed by atoms with Crippen LogP contribution in [0.3, 0.4) is 0 Å². The third-order valence-corrected chi connectivity index (χ3v) is 6.68. The van der Waals surface area contributed by atoms with Crippen molar-refractivity contribution in [1.29, 1.82) is 0 Å². The smallest absolute Gasteiger partial charge is 0.126 e. The van der Waals surface area contributed by atoms with E-state index in [1.165, 1.54) is 28.9 Å². The number of halogens is 2. The number of rotatable bonds is 7. The van der Waals surface area contributed by atoms with Gasteiger partial charge in [0.15, 0.2) is 0 Å². The van der Waals surface area contributed by atoms with Crippen LogP contribution < -0.4 is 5.32 Å². The summed E-state index contributed by atoms with van der Waals surface area (Å²) in [6.45, 7) is 11.3. The number of β-amino-alcohol motifs (C(OH)–C–C–N with tert-alkyl or cyclic N) is 1. The lowest BCUT2D eigenvalue weighted by Crippen LogP contribution is -2.51. The summed E-state index contributed by atoms with van der Waals surface area (Å²) < 4.78 is 26.9. The molecule has 4 heteroatoms. The molecule has 0 bridgehead atoms. The zero-order valence-corrected chi connectivity index (χ0v) is 19.7. The molecule has 32 heavy (non-hydrogen) atoms. The number of aliphatic hydroxyl groups is 1. The largest absolute Gasteiger partial charge is 0.392 e. The molecule has 3 rings (SSSR count). The summed E-state index contributed by atoms with van der Waals surface area (Å²) in [6.07, 6.45) is 14.1. The van der Waals surface area contributed by atoms with Crippen molar-refractivity contribution in [1.82, 2.24) is 5.32 Å². The Morgan fingerprint density at radius 2 is 1.78 bits per heavy atom. The zero-order chi connectivity index (χ0) is 23.4. The molecule has 1 atom stereocenters. The second kappa shape index (κ2) is 10.3. The maximum Gasteiger partial charge on any atom is 0.126 e. The maximum absolute atomic E-state index is 13.4. The van der Waals surface area contributed by atoms with Crippen LogP contribution in [0.15, 0.2) is 65.8 Å². The minimum Gasteiger partial charge on any atom is -0.392 e. The second-order valence-electron chi connectivity index (χ2n) is 10.3. The number of aliphatic hydroxyl groups excluding tert-OH is 1. The Bertz CT molecular complexity index is 890. The van der Waals surface area contributed by atoms with Gasteiger partial charge in [-0.05, 0) is 79.2 Å². The van der Waals surface area contributed by atoms with Gasteiger partial charge in [-0.1, -0.05) is 57.2 Å². The predicted molar refractivity (Wildman–Crippen MR) is 128 cm³/mol. The summed E-state index contributed by atoms with van der Waals surface area (Å²) in [5.74, 6) is -1.16. The molecule has 0 aliphatic heterocycles. The van der Waals surface area contributed by atoms with E-state index in [0.29, 0.717) is 24.9 Å². The van der Waals surface area contributed by atoms with Crippen molar-refractivity contribution in [2.24, 2.45) is 5.41 Å². The number of aryl methyl sites for hydroxylation is 1. The Kier molecular flexibility index (Phi) is 7.89. The average Bonchev–Trinajstić information content (AvgIpc) is 2.98. The van der Waals surface area contributed by atoms with Gasteiger partial charge >= 0.3 is 0 Å². The number of nitrogens with one attached hydrogen (secondary N) is 1. The van der Waals surface area contributed by atoms with E-state index < -0.39 is 17.7 Å². The molecule has 0 heterocycles. The molecule has 0 radical (unpaired) electrons. The van der Waals surface area contributed by atoms with Crippen LogP contribution in [0, 0.1) is 17.0 Å². The highest BCUT2D eigenvalue weighted by Crippen LogP contribution is 2.40. The molecule has 2 nitrogen and oxygen atoms in total. The monoisotopic (exact) mass is 441 g/mol. The van der Waals surface area contributed by atoms with Crippen LogP contribution in [-0.4, -0.2) is 23.3 Å². The fraction of sp³-hybridized carbons (Fsp3) is 0.500. The summed E-state index contributed by atoms with van der Waals surface area (Å²) in [7, 11) is 0. The highest BCUT2D eigenvalue weighted by molar-refractivity contribution is 5.43. The third-order valence-electron chi connectivity index (χ3n) is 6.68. The summed E-state index contributed by atoms with van der Waals surface area (Å²) in [4.78, 5) is 0. The van der Waals surface area contributed by atoms with Crippen LogP contribution in [0.2, 0.25) is 0 Å². The fourth-order valence-corrected chi connectivity index (χ4v) is 4.57. The minimum atomic E-state index is -0.598. The molecular weight excluding hydrogens is 404 g/mol.